The number of aliphatic hydroxyl groups is 1. The fraction of sp³-hybridized carbons (Fsp3) is 0.375. The lowest BCUT2D eigenvalue weighted by Crippen LogP contribution is -2.17. The van der Waals surface area contributed by atoms with Crippen LogP contribution in [-0.2, 0) is 0 Å². The molecule has 1 aliphatic carbocycles. The van der Waals surface area contributed by atoms with Gasteiger partial charge in [0.1, 0.15) is 11.3 Å². The molecule has 1 aromatic carbocycles. The molecule has 0 atom stereocenters. The number of imidazole rings is 1. The second-order valence-corrected chi connectivity index (χ2v) is 6.93. The van der Waals surface area contributed by atoms with Gasteiger partial charge in [-0.05, 0) is 43.9 Å². The zero-order valence-electron chi connectivity index (χ0n) is 12.0. The maximum atomic E-state index is 9.66. The Morgan fingerprint density at radius 1 is 1.18 bits per heavy atom. The summed E-state index contributed by atoms with van der Waals surface area (Å²) in [5.74, 6) is 1.78. The standard InChI is InChI=1S/C16H17BrN4O/c17-9-3-6-11-12(7-9)19-15(18)14-13(11)20-16(21-14)8-1-4-10(22)5-2-8/h3,6-8,10,22H,1-2,4-5H2,(H2,18,19)(H,20,21)/t8-,10-. The van der Waals surface area contributed by atoms with Crippen LogP contribution in [-0.4, -0.2) is 26.2 Å². The number of nitrogen functional groups attached to an aromatic ring is 1. The van der Waals surface area contributed by atoms with Crippen molar-refractivity contribution in [3.63, 3.8) is 0 Å². The lowest BCUT2D eigenvalue weighted by atomic mass is 9.87. The number of nitrogens with one attached hydrogen (secondary N) is 1. The highest BCUT2D eigenvalue weighted by Gasteiger charge is 2.24. The van der Waals surface area contributed by atoms with E-state index in [0.29, 0.717) is 11.7 Å². The molecule has 0 radical (unpaired) electrons. The monoisotopic (exact) mass is 360 g/mol. The highest BCUT2D eigenvalue weighted by molar-refractivity contribution is 9.10. The third-order valence-corrected chi connectivity index (χ3v) is 5.01. The van der Waals surface area contributed by atoms with Gasteiger partial charge >= 0.3 is 0 Å². The molecule has 4 rings (SSSR count). The maximum Gasteiger partial charge on any atom is 0.152 e. The van der Waals surface area contributed by atoms with Gasteiger partial charge in [0.05, 0.1) is 17.1 Å². The van der Waals surface area contributed by atoms with Crippen molar-refractivity contribution in [3.8, 4) is 0 Å². The van der Waals surface area contributed by atoms with Crippen LogP contribution in [0.5, 0.6) is 0 Å². The fourth-order valence-electron chi connectivity index (χ4n) is 3.31. The van der Waals surface area contributed by atoms with Crippen molar-refractivity contribution in [3.05, 3.63) is 28.5 Å². The molecule has 114 valence electrons. The van der Waals surface area contributed by atoms with Crippen molar-refractivity contribution < 1.29 is 5.11 Å². The summed E-state index contributed by atoms with van der Waals surface area (Å²) >= 11 is 3.46. The second-order valence-electron chi connectivity index (χ2n) is 6.01. The summed E-state index contributed by atoms with van der Waals surface area (Å²) < 4.78 is 0.979. The normalized spacial score (nSPS) is 22.5. The highest BCUT2D eigenvalue weighted by Crippen LogP contribution is 2.35. The van der Waals surface area contributed by atoms with Crippen molar-refractivity contribution in [2.24, 2.45) is 0 Å². The first-order valence-corrected chi connectivity index (χ1v) is 8.33. The molecule has 0 aliphatic heterocycles. The summed E-state index contributed by atoms with van der Waals surface area (Å²) in [6, 6.07) is 5.99. The lowest BCUT2D eigenvalue weighted by Gasteiger charge is -2.23. The van der Waals surface area contributed by atoms with E-state index in [1.807, 2.05) is 18.2 Å². The summed E-state index contributed by atoms with van der Waals surface area (Å²) in [7, 11) is 0. The minimum atomic E-state index is -0.162. The number of rotatable bonds is 1. The number of hydrogen-bond donors (Lipinski definition) is 3. The molecule has 4 N–H and O–H groups in total. The Labute approximate surface area is 136 Å². The van der Waals surface area contributed by atoms with Crippen LogP contribution in [0.4, 0.5) is 5.82 Å². The summed E-state index contributed by atoms with van der Waals surface area (Å²) in [5, 5.41) is 10.7. The van der Waals surface area contributed by atoms with E-state index in [-0.39, 0.29) is 6.10 Å². The third-order valence-electron chi connectivity index (χ3n) is 4.52. The van der Waals surface area contributed by atoms with E-state index in [0.717, 1.165) is 57.9 Å². The maximum absolute atomic E-state index is 9.66. The van der Waals surface area contributed by atoms with Crippen LogP contribution >= 0.6 is 15.9 Å². The number of aromatic amines is 1. The largest absolute Gasteiger partial charge is 0.393 e. The molecule has 5 nitrogen and oxygen atoms in total. The van der Waals surface area contributed by atoms with Gasteiger partial charge in [0.15, 0.2) is 5.82 Å². The van der Waals surface area contributed by atoms with E-state index in [4.69, 9.17) is 10.7 Å². The van der Waals surface area contributed by atoms with E-state index >= 15 is 0 Å². The Kier molecular flexibility index (Phi) is 3.31. The number of hydrogen-bond acceptors (Lipinski definition) is 4. The van der Waals surface area contributed by atoms with Gasteiger partial charge in [-0.3, -0.25) is 0 Å². The van der Waals surface area contributed by atoms with Gasteiger partial charge in [-0.15, -0.1) is 0 Å². The van der Waals surface area contributed by atoms with E-state index in [1.54, 1.807) is 0 Å². The number of pyridine rings is 1. The number of nitrogens with zero attached hydrogens (tertiary/aromatic N) is 2. The van der Waals surface area contributed by atoms with Crippen LogP contribution < -0.4 is 5.73 Å². The van der Waals surface area contributed by atoms with Crippen LogP contribution in [0.3, 0.4) is 0 Å². The van der Waals surface area contributed by atoms with E-state index in [2.05, 4.69) is 25.9 Å². The fourth-order valence-corrected chi connectivity index (χ4v) is 3.65. The van der Waals surface area contributed by atoms with E-state index < -0.39 is 0 Å². The van der Waals surface area contributed by atoms with Gasteiger partial charge in [0.2, 0.25) is 0 Å². The van der Waals surface area contributed by atoms with Gasteiger partial charge in [-0.2, -0.15) is 0 Å². The molecule has 1 saturated carbocycles. The molecule has 6 heteroatoms. The molecule has 22 heavy (non-hydrogen) atoms. The Morgan fingerprint density at radius 2 is 1.95 bits per heavy atom. The molecule has 3 aromatic rings. The molecular weight excluding hydrogens is 344 g/mol. The van der Waals surface area contributed by atoms with Gasteiger partial charge in [-0.1, -0.05) is 15.9 Å². The summed E-state index contributed by atoms with van der Waals surface area (Å²) in [6.45, 7) is 0. The third kappa shape index (κ3) is 2.27. The molecule has 1 aliphatic rings. The molecule has 0 spiro atoms. The molecule has 0 bridgehead atoms. The Balaban J connectivity index is 1.86. The van der Waals surface area contributed by atoms with Crippen LogP contribution in [0.25, 0.3) is 21.9 Å². The number of nitrogens with two attached hydrogens (primary N) is 1. The molecule has 2 heterocycles. The van der Waals surface area contributed by atoms with Crippen molar-refractivity contribution in [1.29, 1.82) is 0 Å². The summed E-state index contributed by atoms with van der Waals surface area (Å²) in [5.41, 5.74) is 8.64. The number of aromatic nitrogens is 3. The Morgan fingerprint density at radius 3 is 2.73 bits per heavy atom. The Bertz CT molecular complexity index is 852. The quantitative estimate of drug-likeness (QED) is 0.619. The number of fused-ring (bicyclic) bond motifs is 3. The van der Waals surface area contributed by atoms with Gasteiger partial charge < -0.3 is 15.8 Å². The van der Waals surface area contributed by atoms with Gasteiger partial charge in [0, 0.05) is 15.8 Å². The first-order valence-electron chi connectivity index (χ1n) is 7.54. The minimum absolute atomic E-state index is 0.162. The predicted molar refractivity (Wildman–Crippen MR) is 90.7 cm³/mol. The average Bonchev–Trinajstić information content (AvgIpc) is 2.93. The summed E-state index contributed by atoms with van der Waals surface area (Å²) in [6.07, 6.45) is 3.42. The SMILES string of the molecule is Nc1nc2cc(Br)ccc2c2[nH]c([C@H]3CC[C@H](O)CC3)nc12. The predicted octanol–water partition coefficient (Wildman–Crippen LogP) is 3.47. The first-order chi connectivity index (χ1) is 10.6. The molecule has 1 fully saturated rings. The van der Waals surface area contributed by atoms with Crippen LogP contribution in [0.15, 0.2) is 22.7 Å². The summed E-state index contributed by atoms with van der Waals surface area (Å²) in [4.78, 5) is 12.6. The van der Waals surface area contributed by atoms with Gasteiger partial charge in [-0.25, -0.2) is 9.97 Å². The number of halogens is 1. The molecule has 0 amide bonds. The molecule has 0 unspecified atom stereocenters. The zero-order chi connectivity index (χ0) is 15.3. The number of benzene rings is 1. The van der Waals surface area contributed by atoms with Crippen molar-refractivity contribution in [2.75, 3.05) is 5.73 Å². The molecule has 2 aromatic heterocycles. The molecular formula is C16H17BrN4O. The number of aliphatic hydroxyl groups excluding tert-OH is 1. The second kappa shape index (κ2) is 5.21. The van der Waals surface area contributed by atoms with Gasteiger partial charge in [0.25, 0.3) is 0 Å². The number of anilines is 1. The van der Waals surface area contributed by atoms with Crippen LogP contribution in [0.2, 0.25) is 0 Å². The highest BCUT2D eigenvalue weighted by atomic mass is 79.9. The zero-order valence-corrected chi connectivity index (χ0v) is 13.6. The van der Waals surface area contributed by atoms with Crippen molar-refractivity contribution in [2.45, 2.75) is 37.7 Å². The number of H-pyrrole nitrogens is 1. The first kappa shape index (κ1) is 14.0. The topological polar surface area (TPSA) is 87.8 Å². The van der Waals surface area contributed by atoms with Crippen LogP contribution in [0, 0.1) is 0 Å². The van der Waals surface area contributed by atoms with Crippen LogP contribution in [0.1, 0.15) is 37.4 Å². The lowest BCUT2D eigenvalue weighted by molar-refractivity contribution is 0.121. The Hall–Kier alpha value is -1.66. The molecule has 0 saturated heterocycles. The van der Waals surface area contributed by atoms with E-state index in [9.17, 15) is 5.11 Å². The smallest absolute Gasteiger partial charge is 0.152 e. The van der Waals surface area contributed by atoms with Crippen molar-refractivity contribution >= 4 is 43.7 Å². The average molecular weight is 361 g/mol. The minimum Gasteiger partial charge on any atom is -0.393 e. The van der Waals surface area contributed by atoms with E-state index in [1.165, 1.54) is 0 Å². The van der Waals surface area contributed by atoms with Crippen molar-refractivity contribution in [1.82, 2.24) is 15.0 Å².